The van der Waals surface area contributed by atoms with Gasteiger partial charge in [-0.1, -0.05) is 12.1 Å². The Balaban J connectivity index is 2.52. The van der Waals surface area contributed by atoms with Crippen molar-refractivity contribution in [2.24, 2.45) is 0 Å². The molecule has 0 saturated heterocycles. The Labute approximate surface area is 102 Å². The van der Waals surface area contributed by atoms with Gasteiger partial charge in [-0.15, -0.1) is 0 Å². The first-order chi connectivity index (χ1) is 8.61. The fourth-order valence-electron chi connectivity index (χ4n) is 1.63. The number of carbonyl (C=O) groups is 1. The molecule has 92 valence electrons. The van der Waals surface area contributed by atoms with Gasteiger partial charge in [0.1, 0.15) is 11.6 Å². The predicted octanol–water partition coefficient (Wildman–Crippen LogP) is 2.78. The zero-order valence-corrected chi connectivity index (χ0v) is 9.28. The summed E-state index contributed by atoms with van der Waals surface area (Å²) in [5.74, 6) is -0.934. The minimum absolute atomic E-state index is 0.130. The van der Waals surface area contributed by atoms with Crippen LogP contribution in [0.2, 0.25) is 0 Å². The monoisotopic (exact) mass is 248 g/mol. The van der Waals surface area contributed by atoms with Gasteiger partial charge in [0.25, 0.3) is 0 Å². The van der Waals surface area contributed by atoms with Gasteiger partial charge in [-0.05, 0) is 29.8 Å². The van der Waals surface area contributed by atoms with Crippen LogP contribution in [-0.2, 0) is 4.79 Å². The maximum Gasteiger partial charge on any atom is 0.211 e. The highest BCUT2D eigenvalue weighted by molar-refractivity contribution is 5.84. The number of carbonyl (C=O) groups excluding carboxylic acids is 1. The molecule has 0 radical (unpaired) electrons. The molecule has 0 aromatic heterocycles. The molecule has 2 aromatic carbocycles. The molecule has 3 N–H and O–H groups in total. The number of benzene rings is 2. The lowest BCUT2D eigenvalue weighted by Gasteiger charge is -2.09. The molecule has 5 heteroatoms. The van der Waals surface area contributed by atoms with E-state index in [1.54, 1.807) is 0 Å². The fraction of sp³-hybridized carbons (Fsp3) is 0. The van der Waals surface area contributed by atoms with Gasteiger partial charge in [0, 0.05) is 5.56 Å². The highest BCUT2D eigenvalue weighted by Gasteiger charge is 2.09. The van der Waals surface area contributed by atoms with E-state index in [2.05, 4.69) is 5.32 Å². The van der Waals surface area contributed by atoms with Crippen molar-refractivity contribution in [1.82, 2.24) is 0 Å². The van der Waals surface area contributed by atoms with Gasteiger partial charge in [-0.2, -0.15) is 0 Å². The van der Waals surface area contributed by atoms with Crippen LogP contribution in [0, 0.1) is 11.6 Å². The van der Waals surface area contributed by atoms with Crippen molar-refractivity contribution in [2.45, 2.75) is 0 Å². The first-order valence-corrected chi connectivity index (χ1v) is 5.17. The number of anilines is 2. The number of rotatable bonds is 3. The summed E-state index contributed by atoms with van der Waals surface area (Å²) < 4.78 is 26.6. The van der Waals surface area contributed by atoms with Crippen molar-refractivity contribution in [1.29, 1.82) is 0 Å². The summed E-state index contributed by atoms with van der Waals surface area (Å²) >= 11 is 0. The SMILES string of the molecule is Nc1cc(F)c(-c2ccc(F)cc2)cc1NC=O. The normalized spacial score (nSPS) is 10.1. The maximum atomic E-state index is 13.8. The van der Waals surface area contributed by atoms with Crippen LogP contribution >= 0.6 is 0 Å². The van der Waals surface area contributed by atoms with Crippen LogP contribution in [0.4, 0.5) is 20.2 Å². The van der Waals surface area contributed by atoms with Crippen molar-refractivity contribution in [3.05, 3.63) is 48.0 Å². The zero-order valence-electron chi connectivity index (χ0n) is 9.28. The Hall–Kier alpha value is -2.43. The number of halogens is 2. The molecule has 0 fully saturated rings. The number of hydrogen-bond acceptors (Lipinski definition) is 2. The second kappa shape index (κ2) is 4.83. The molecule has 2 aromatic rings. The first-order valence-electron chi connectivity index (χ1n) is 5.17. The second-order valence-electron chi connectivity index (χ2n) is 3.69. The largest absolute Gasteiger partial charge is 0.397 e. The van der Waals surface area contributed by atoms with Gasteiger partial charge in [0.05, 0.1) is 11.4 Å². The van der Waals surface area contributed by atoms with Crippen LogP contribution in [0.25, 0.3) is 11.1 Å². The zero-order chi connectivity index (χ0) is 13.1. The molecule has 0 atom stereocenters. The third-order valence-electron chi connectivity index (χ3n) is 2.51. The van der Waals surface area contributed by atoms with E-state index < -0.39 is 11.6 Å². The van der Waals surface area contributed by atoms with Gasteiger partial charge in [-0.3, -0.25) is 4.79 Å². The van der Waals surface area contributed by atoms with E-state index in [9.17, 15) is 13.6 Å². The van der Waals surface area contributed by atoms with E-state index in [-0.39, 0.29) is 11.3 Å². The molecule has 2 rings (SSSR count). The van der Waals surface area contributed by atoms with Crippen LogP contribution in [-0.4, -0.2) is 6.41 Å². The summed E-state index contributed by atoms with van der Waals surface area (Å²) in [6, 6.07) is 7.90. The number of nitrogen functional groups attached to an aromatic ring is 1. The number of hydrogen-bond donors (Lipinski definition) is 2. The third-order valence-corrected chi connectivity index (χ3v) is 2.51. The molecule has 0 aliphatic carbocycles. The molecule has 0 heterocycles. The average molecular weight is 248 g/mol. The van der Waals surface area contributed by atoms with E-state index in [4.69, 9.17) is 5.73 Å². The molecule has 1 amide bonds. The Bertz CT molecular complexity index is 582. The number of nitrogens with one attached hydrogen (secondary N) is 1. The van der Waals surface area contributed by atoms with Gasteiger partial charge in [0.2, 0.25) is 6.41 Å². The summed E-state index contributed by atoms with van der Waals surface area (Å²) in [5.41, 5.74) is 6.74. The van der Waals surface area contributed by atoms with Crippen molar-refractivity contribution in [3.63, 3.8) is 0 Å². The van der Waals surface area contributed by atoms with Crippen LogP contribution in [0.3, 0.4) is 0 Å². The number of amides is 1. The minimum atomic E-state index is -0.532. The van der Waals surface area contributed by atoms with Crippen molar-refractivity contribution >= 4 is 17.8 Å². The molecule has 0 spiro atoms. The summed E-state index contributed by atoms with van der Waals surface area (Å²) in [6.07, 6.45) is 0.456. The molecular formula is C13H10F2N2O. The lowest BCUT2D eigenvalue weighted by molar-refractivity contribution is -0.105. The highest BCUT2D eigenvalue weighted by atomic mass is 19.1. The van der Waals surface area contributed by atoms with Crippen molar-refractivity contribution in [2.75, 3.05) is 11.1 Å². The van der Waals surface area contributed by atoms with Crippen molar-refractivity contribution < 1.29 is 13.6 Å². The smallest absolute Gasteiger partial charge is 0.211 e. The van der Waals surface area contributed by atoms with Gasteiger partial charge in [-0.25, -0.2) is 8.78 Å². The third kappa shape index (κ3) is 2.29. The summed E-state index contributed by atoms with van der Waals surface area (Å²) in [4.78, 5) is 10.4. The Morgan fingerprint density at radius 3 is 2.39 bits per heavy atom. The van der Waals surface area contributed by atoms with E-state index in [1.165, 1.54) is 30.3 Å². The average Bonchev–Trinajstić information content (AvgIpc) is 2.34. The predicted molar refractivity (Wildman–Crippen MR) is 65.9 cm³/mol. The highest BCUT2D eigenvalue weighted by Crippen LogP contribution is 2.30. The molecule has 0 unspecified atom stereocenters. The summed E-state index contributed by atoms with van der Waals surface area (Å²) in [5, 5.41) is 2.38. The maximum absolute atomic E-state index is 13.8. The molecule has 18 heavy (non-hydrogen) atoms. The van der Waals surface area contributed by atoms with Gasteiger partial charge >= 0.3 is 0 Å². The quantitative estimate of drug-likeness (QED) is 0.648. The van der Waals surface area contributed by atoms with Crippen LogP contribution in [0.15, 0.2) is 36.4 Å². The fourth-order valence-corrected chi connectivity index (χ4v) is 1.63. The lowest BCUT2D eigenvalue weighted by atomic mass is 10.0. The second-order valence-corrected chi connectivity index (χ2v) is 3.69. The van der Waals surface area contributed by atoms with Gasteiger partial charge in [0.15, 0.2) is 0 Å². The molecule has 0 bridgehead atoms. The molecule has 0 aliphatic rings. The van der Waals surface area contributed by atoms with Crippen LogP contribution in [0.1, 0.15) is 0 Å². The van der Waals surface area contributed by atoms with E-state index >= 15 is 0 Å². The van der Waals surface area contributed by atoms with Crippen molar-refractivity contribution in [3.8, 4) is 11.1 Å². The summed E-state index contributed by atoms with van der Waals surface area (Å²) in [6.45, 7) is 0. The molecule has 0 saturated carbocycles. The Morgan fingerprint density at radius 1 is 1.11 bits per heavy atom. The standard InChI is InChI=1S/C13H10F2N2O/c14-9-3-1-8(2-4-9)10-5-13(17-7-18)12(16)6-11(10)15/h1-7H,16H2,(H,17,18). The Kier molecular flexibility index (Phi) is 3.23. The Morgan fingerprint density at radius 2 is 1.78 bits per heavy atom. The topological polar surface area (TPSA) is 55.1 Å². The summed E-state index contributed by atoms with van der Waals surface area (Å²) in [7, 11) is 0. The molecule has 0 aliphatic heterocycles. The van der Waals surface area contributed by atoms with E-state index in [0.717, 1.165) is 6.07 Å². The minimum Gasteiger partial charge on any atom is -0.397 e. The number of nitrogens with two attached hydrogens (primary N) is 1. The van der Waals surface area contributed by atoms with Crippen LogP contribution in [0.5, 0.6) is 0 Å². The molecule has 3 nitrogen and oxygen atoms in total. The van der Waals surface area contributed by atoms with E-state index in [1.807, 2.05) is 0 Å². The lowest BCUT2D eigenvalue weighted by Crippen LogP contribution is -2.00. The van der Waals surface area contributed by atoms with E-state index in [0.29, 0.717) is 17.7 Å². The van der Waals surface area contributed by atoms with Crippen LogP contribution < -0.4 is 11.1 Å². The first kappa shape index (κ1) is 12.0. The van der Waals surface area contributed by atoms with Gasteiger partial charge < -0.3 is 11.1 Å². The molecular weight excluding hydrogens is 238 g/mol.